The van der Waals surface area contributed by atoms with Crippen molar-refractivity contribution in [3.8, 4) is 0 Å². The Kier molecular flexibility index (Phi) is 4.60. The van der Waals surface area contributed by atoms with Crippen LogP contribution in [0.2, 0.25) is 0 Å². The highest BCUT2D eigenvalue weighted by Gasteiger charge is 2.28. The second-order valence-corrected chi connectivity index (χ2v) is 7.81. The van der Waals surface area contributed by atoms with Gasteiger partial charge in [-0.3, -0.25) is 4.79 Å². The Labute approximate surface area is 129 Å². The van der Waals surface area contributed by atoms with E-state index >= 15 is 0 Å². The summed E-state index contributed by atoms with van der Waals surface area (Å²) in [7, 11) is 3.15. The minimum atomic E-state index is -3.86. The molecular formula is C14H18ClNO4S. The molecule has 1 heterocycles. The van der Waals surface area contributed by atoms with Crippen LogP contribution in [0, 0.1) is 13.8 Å². The summed E-state index contributed by atoms with van der Waals surface area (Å²) in [6, 6.07) is 2.84. The Morgan fingerprint density at radius 2 is 2.05 bits per heavy atom. The minimum absolute atomic E-state index is 0.0373. The smallest absolute Gasteiger partial charge is 0.261 e. The first-order valence-corrected chi connectivity index (χ1v) is 8.93. The number of methoxy groups -OCH3 is 1. The van der Waals surface area contributed by atoms with Gasteiger partial charge in [0.2, 0.25) is 0 Å². The highest BCUT2D eigenvalue weighted by Crippen LogP contribution is 2.25. The molecule has 1 fully saturated rings. The molecule has 5 nitrogen and oxygen atoms in total. The standard InChI is InChI=1S/C14H18ClNO4S/c1-9-6-12(21(15,18)19)7-13(10(9)2)14(17)16-5-4-11(8-16)20-3/h6-7,11H,4-5,8H2,1-3H3. The number of rotatable bonds is 3. The molecule has 1 saturated heterocycles. The molecule has 0 radical (unpaired) electrons. The Morgan fingerprint density at radius 1 is 1.38 bits per heavy atom. The van der Waals surface area contributed by atoms with Crippen molar-refractivity contribution in [2.75, 3.05) is 20.2 Å². The number of ether oxygens (including phenoxy) is 1. The predicted octanol–water partition coefficient (Wildman–Crippen LogP) is 2.09. The number of amides is 1. The van der Waals surface area contributed by atoms with Gasteiger partial charge in [0.1, 0.15) is 0 Å². The Hall–Kier alpha value is -1.11. The van der Waals surface area contributed by atoms with Gasteiger partial charge >= 0.3 is 0 Å². The van der Waals surface area contributed by atoms with Crippen LogP contribution < -0.4 is 0 Å². The summed E-state index contributed by atoms with van der Waals surface area (Å²) in [5.41, 5.74) is 1.87. The number of likely N-dealkylation sites (tertiary alicyclic amines) is 1. The second-order valence-electron chi connectivity index (χ2n) is 5.25. The first-order chi connectivity index (χ1) is 9.74. The van der Waals surface area contributed by atoms with Crippen LogP contribution in [0.15, 0.2) is 17.0 Å². The van der Waals surface area contributed by atoms with Crippen molar-refractivity contribution in [3.63, 3.8) is 0 Å². The molecular weight excluding hydrogens is 314 g/mol. The van der Waals surface area contributed by atoms with E-state index in [1.54, 1.807) is 25.9 Å². The molecule has 1 aliphatic rings. The summed E-state index contributed by atoms with van der Waals surface area (Å²) in [4.78, 5) is 14.2. The monoisotopic (exact) mass is 331 g/mol. The average Bonchev–Trinajstić information content (AvgIpc) is 2.88. The Bertz CT molecular complexity index is 672. The number of hydrogen-bond acceptors (Lipinski definition) is 4. The largest absolute Gasteiger partial charge is 0.380 e. The van der Waals surface area contributed by atoms with Crippen LogP contribution in [0.3, 0.4) is 0 Å². The van der Waals surface area contributed by atoms with Gasteiger partial charge in [0.05, 0.1) is 11.0 Å². The summed E-state index contributed by atoms with van der Waals surface area (Å²) >= 11 is 0. The minimum Gasteiger partial charge on any atom is -0.380 e. The maximum Gasteiger partial charge on any atom is 0.261 e. The number of benzene rings is 1. The zero-order valence-corrected chi connectivity index (χ0v) is 13.8. The molecule has 0 aromatic heterocycles. The van der Waals surface area contributed by atoms with Crippen molar-refractivity contribution in [3.05, 3.63) is 28.8 Å². The fourth-order valence-corrected chi connectivity index (χ4v) is 3.31. The Balaban J connectivity index is 2.39. The average molecular weight is 332 g/mol. The highest BCUT2D eigenvalue weighted by molar-refractivity contribution is 8.13. The van der Waals surface area contributed by atoms with Crippen LogP contribution in [0.25, 0.3) is 0 Å². The second kappa shape index (κ2) is 5.94. The van der Waals surface area contributed by atoms with Gasteiger partial charge in [-0.05, 0) is 43.5 Å². The normalized spacial score (nSPS) is 19.0. The van der Waals surface area contributed by atoms with Crippen molar-refractivity contribution in [1.29, 1.82) is 0 Å². The topological polar surface area (TPSA) is 63.7 Å². The van der Waals surface area contributed by atoms with Crippen molar-refractivity contribution in [2.45, 2.75) is 31.3 Å². The van der Waals surface area contributed by atoms with Gasteiger partial charge in [-0.25, -0.2) is 8.42 Å². The van der Waals surface area contributed by atoms with Gasteiger partial charge in [-0.2, -0.15) is 0 Å². The zero-order valence-electron chi connectivity index (χ0n) is 12.2. The van der Waals surface area contributed by atoms with Crippen molar-refractivity contribution in [2.24, 2.45) is 0 Å². The lowest BCUT2D eigenvalue weighted by Crippen LogP contribution is -2.30. The van der Waals surface area contributed by atoms with E-state index in [9.17, 15) is 13.2 Å². The first-order valence-electron chi connectivity index (χ1n) is 6.62. The van der Waals surface area contributed by atoms with Crippen LogP contribution >= 0.6 is 10.7 Å². The van der Waals surface area contributed by atoms with Crippen LogP contribution in [-0.4, -0.2) is 45.5 Å². The number of aryl methyl sites for hydroxylation is 1. The van der Waals surface area contributed by atoms with Crippen molar-refractivity contribution in [1.82, 2.24) is 4.90 Å². The molecule has 2 rings (SSSR count). The number of carbonyl (C=O) groups excluding carboxylic acids is 1. The first kappa shape index (κ1) is 16.3. The molecule has 1 aliphatic heterocycles. The molecule has 1 atom stereocenters. The number of halogens is 1. The maximum absolute atomic E-state index is 12.6. The Morgan fingerprint density at radius 3 is 2.57 bits per heavy atom. The van der Waals surface area contributed by atoms with E-state index in [0.29, 0.717) is 18.7 Å². The number of hydrogen-bond donors (Lipinski definition) is 0. The summed E-state index contributed by atoms with van der Waals surface area (Å²) in [5, 5.41) is 0. The zero-order chi connectivity index (χ0) is 15.8. The molecule has 0 N–H and O–H groups in total. The molecule has 0 bridgehead atoms. The molecule has 1 amide bonds. The van der Waals surface area contributed by atoms with E-state index in [1.165, 1.54) is 12.1 Å². The molecule has 7 heteroatoms. The summed E-state index contributed by atoms with van der Waals surface area (Å²) in [6.45, 7) is 4.69. The lowest BCUT2D eigenvalue weighted by atomic mass is 10.0. The summed E-state index contributed by atoms with van der Waals surface area (Å²) < 4.78 is 28.3. The molecule has 0 aliphatic carbocycles. The van der Waals surface area contributed by atoms with Crippen molar-refractivity contribution >= 4 is 25.6 Å². The van der Waals surface area contributed by atoms with Gasteiger partial charge in [-0.1, -0.05) is 0 Å². The van der Waals surface area contributed by atoms with Crippen LogP contribution in [0.1, 0.15) is 27.9 Å². The van der Waals surface area contributed by atoms with E-state index in [0.717, 1.165) is 17.5 Å². The fraction of sp³-hybridized carbons (Fsp3) is 0.500. The molecule has 1 aromatic carbocycles. The maximum atomic E-state index is 12.6. The molecule has 0 spiro atoms. The van der Waals surface area contributed by atoms with E-state index < -0.39 is 9.05 Å². The summed E-state index contributed by atoms with van der Waals surface area (Å²) in [5.74, 6) is -0.183. The van der Waals surface area contributed by atoms with E-state index in [4.69, 9.17) is 15.4 Å². The number of carbonyl (C=O) groups is 1. The lowest BCUT2D eigenvalue weighted by Gasteiger charge is -2.19. The molecule has 1 unspecified atom stereocenters. The predicted molar refractivity (Wildman–Crippen MR) is 80.3 cm³/mol. The van der Waals surface area contributed by atoms with Crippen LogP contribution in [-0.2, 0) is 13.8 Å². The van der Waals surface area contributed by atoms with Gasteiger partial charge < -0.3 is 9.64 Å². The van der Waals surface area contributed by atoms with Crippen molar-refractivity contribution < 1.29 is 17.9 Å². The van der Waals surface area contributed by atoms with Gasteiger partial charge in [0, 0.05) is 36.4 Å². The number of nitrogens with zero attached hydrogens (tertiary/aromatic N) is 1. The molecule has 21 heavy (non-hydrogen) atoms. The third kappa shape index (κ3) is 3.39. The molecule has 1 aromatic rings. The lowest BCUT2D eigenvalue weighted by molar-refractivity contribution is 0.0723. The SMILES string of the molecule is COC1CCN(C(=O)c2cc(S(=O)(=O)Cl)cc(C)c2C)C1. The van der Waals surface area contributed by atoms with Gasteiger partial charge in [-0.15, -0.1) is 0 Å². The van der Waals surface area contributed by atoms with E-state index in [1.807, 2.05) is 0 Å². The summed E-state index contributed by atoms with van der Waals surface area (Å²) in [6.07, 6.45) is 0.823. The van der Waals surface area contributed by atoms with E-state index in [-0.39, 0.29) is 16.9 Å². The van der Waals surface area contributed by atoms with Crippen LogP contribution in [0.4, 0.5) is 0 Å². The van der Waals surface area contributed by atoms with Gasteiger partial charge in [0.25, 0.3) is 15.0 Å². The highest BCUT2D eigenvalue weighted by atomic mass is 35.7. The third-order valence-corrected chi connectivity index (χ3v) is 5.25. The molecule has 0 saturated carbocycles. The fourth-order valence-electron chi connectivity index (χ4n) is 2.46. The quantitative estimate of drug-likeness (QED) is 0.796. The molecule has 116 valence electrons. The van der Waals surface area contributed by atoms with Gasteiger partial charge in [0.15, 0.2) is 0 Å². The van der Waals surface area contributed by atoms with Crippen LogP contribution in [0.5, 0.6) is 0 Å². The third-order valence-electron chi connectivity index (χ3n) is 3.92. The van der Waals surface area contributed by atoms with E-state index in [2.05, 4.69) is 0 Å².